The second kappa shape index (κ2) is 5.02. The van der Waals surface area contributed by atoms with Gasteiger partial charge in [0, 0.05) is 19.7 Å². The first-order chi connectivity index (χ1) is 7.58. The Morgan fingerprint density at radius 2 is 2.19 bits per heavy atom. The maximum absolute atomic E-state index is 12.2. The molecule has 0 amide bonds. The number of ether oxygens (including phenoxy) is 1. The SMILES string of the molecule is C[C@H]1CCCN(S(=O)(=O)C[C@@H]2CCOC2)C1. The summed E-state index contributed by atoms with van der Waals surface area (Å²) in [7, 11) is -3.05. The molecule has 2 aliphatic rings. The van der Waals surface area contributed by atoms with Gasteiger partial charge in [0.05, 0.1) is 12.4 Å². The Bertz CT molecular complexity index is 322. The summed E-state index contributed by atoms with van der Waals surface area (Å²) in [5.74, 6) is 0.991. The van der Waals surface area contributed by atoms with Gasteiger partial charge in [0.15, 0.2) is 0 Å². The van der Waals surface area contributed by atoms with Gasteiger partial charge in [0.25, 0.3) is 0 Å². The lowest BCUT2D eigenvalue weighted by Crippen LogP contribution is -2.41. The smallest absolute Gasteiger partial charge is 0.214 e. The number of rotatable bonds is 3. The Morgan fingerprint density at radius 1 is 1.38 bits per heavy atom. The molecule has 0 bridgehead atoms. The molecule has 94 valence electrons. The van der Waals surface area contributed by atoms with Crippen LogP contribution in [0.4, 0.5) is 0 Å². The van der Waals surface area contributed by atoms with Crippen molar-refractivity contribution < 1.29 is 13.2 Å². The molecule has 16 heavy (non-hydrogen) atoms. The molecule has 2 rings (SSSR count). The second-order valence-electron chi connectivity index (χ2n) is 5.11. The summed E-state index contributed by atoms with van der Waals surface area (Å²) in [4.78, 5) is 0. The zero-order valence-electron chi connectivity index (χ0n) is 9.89. The number of hydrogen-bond donors (Lipinski definition) is 0. The van der Waals surface area contributed by atoms with Crippen molar-refractivity contribution in [2.45, 2.75) is 26.2 Å². The average Bonchev–Trinajstić information content (AvgIpc) is 2.70. The summed E-state index contributed by atoms with van der Waals surface area (Å²) in [6, 6.07) is 0. The molecule has 0 N–H and O–H groups in total. The Labute approximate surface area is 98.0 Å². The molecule has 0 unspecified atom stereocenters. The van der Waals surface area contributed by atoms with Crippen molar-refractivity contribution in [1.82, 2.24) is 4.31 Å². The van der Waals surface area contributed by atoms with Crippen LogP contribution in [0, 0.1) is 11.8 Å². The van der Waals surface area contributed by atoms with E-state index in [0.29, 0.717) is 25.6 Å². The van der Waals surface area contributed by atoms with Gasteiger partial charge in [-0.3, -0.25) is 0 Å². The van der Waals surface area contributed by atoms with Crippen LogP contribution in [-0.2, 0) is 14.8 Å². The Morgan fingerprint density at radius 3 is 2.81 bits per heavy atom. The predicted octanol–water partition coefficient (Wildman–Crippen LogP) is 1.08. The Kier molecular flexibility index (Phi) is 3.87. The van der Waals surface area contributed by atoms with Gasteiger partial charge < -0.3 is 4.74 Å². The summed E-state index contributed by atoms with van der Waals surface area (Å²) >= 11 is 0. The van der Waals surface area contributed by atoms with Gasteiger partial charge in [0.1, 0.15) is 0 Å². The van der Waals surface area contributed by atoms with Crippen molar-refractivity contribution in [3.8, 4) is 0 Å². The average molecular weight is 247 g/mol. The number of piperidine rings is 1. The van der Waals surface area contributed by atoms with Crippen molar-refractivity contribution in [2.24, 2.45) is 11.8 Å². The number of nitrogens with zero attached hydrogens (tertiary/aromatic N) is 1. The predicted molar refractivity (Wildman–Crippen MR) is 62.7 cm³/mol. The van der Waals surface area contributed by atoms with Gasteiger partial charge in [-0.1, -0.05) is 6.92 Å². The summed E-state index contributed by atoms with van der Waals surface area (Å²) < 4.78 is 31.2. The minimum Gasteiger partial charge on any atom is -0.381 e. The van der Waals surface area contributed by atoms with E-state index in [2.05, 4.69) is 6.92 Å². The van der Waals surface area contributed by atoms with Crippen molar-refractivity contribution in [1.29, 1.82) is 0 Å². The maximum Gasteiger partial charge on any atom is 0.214 e. The van der Waals surface area contributed by atoms with Crippen molar-refractivity contribution in [3.63, 3.8) is 0 Å². The first-order valence-corrected chi connectivity index (χ1v) is 7.74. The molecule has 2 aliphatic heterocycles. The highest BCUT2D eigenvalue weighted by Crippen LogP contribution is 2.22. The summed E-state index contributed by atoms with van der Waals surface area (Å²) in [6.45, 7) is 4.87. The van der Waals surface area contributed by atoms with E-state index < -0.39 is 10.0 Å². The second-order valence-corrected chi connectivity index (χ2v) is 7.13. The highest BCUT2D eigenvalue weighted by molar-refractivity contribution is 7.89. The first-order valence-electron chi connectivity index (χ1n) is 6.13. The molecule has 0 aromatic carbocycles. The van der Waals surface area contributed by atoms with Gasteiger partial charge in [-0.05, 0) is 31.1 Å². The third-order valence-corrected chi connectivity index (χ3v) is 5.49. The first kappa shape index (κ1) is 12.3. The minimum atomic E-state index is -3.05. The monoisotopic (exact) mass is 247 g/mol. The van der Waals surface area contributed by atoms with E-state index in [0.717, 1.165) is 25.9 Å². The van der Waals surface area contributed by atoms with Crippen LogP contribution >= 0.6 is 0 Å². The minimum absolute atomic E-state index is 0.210. The van der Waals surface area contributed by atoms with Crippen LogP contribution in [-0.4, -0.2) is 44.8 Å². The quantitative estimate of drug-likeness (QED) is 0.750. The van der Waals surface area contributed by atoms with Gasteiger partial charge in [-0.25, -0.2) is 12.7 Å². The fourth-order valence-corrected chi connectivity index (χ4v) is 4.48. The Hall–Kier alpha value is -0.130. The van der Waals surface area contributed by atoms with Crippen LogP contribution in [0.2, 0.25) is 0 Å². The topological polar surface area (TPSA) is 46.6 Å². The highest BCUT2D eigenvalue weighted by atomic mass is 32.2. The molecule has 0 radical (unpaired) electrons. The van der Waals surface area contributed by atoms with Crippen LogP contribution in [0.1, 0.15) is 26.2 Å². The number of hydrogen-bond acceptors (Lipinski definition) is 3. The highest BCUT2D eigenvalue weighted by Gasteiger charge is 2.30. The molecule has 0 aromatic heterocycles. The third-order valence-electron chi connectivity index (χ3n) is 3.48. The van der Waals surface area contributed by atoms with Crippen LogP contribution in [0.25, 0.3) is 0 Å². The van der Waals surface area contributed by atoms with E-state index in [9.17, 15) is 8.42 Å². The lowest BCUT2D eigenvalue weighted by atomic mass is 10.0. The molecule has 5 heteroatoms. The molecule has 0 aliphatic carbocycles. The molecule has 2 atom stereocenters. The van der Waals surface area contributed by atoms with Crippen LogP contribution in [0.15, 0.2) is 0 Å². The van der Waals surface area contributed by atoms with Crippen LogP contribution < -0.4 is 0 Å². The normalized spacial score (nSPS) is 33.1. The molecule has 0 saturated carbocycles. The van der Waals surface area contributed by atoms with E-state index >= 15 is 0 Å². The van der Waals surface area contributed by atoms with Gasteiger partial charge in [-0.2, -0.15) is 0 Å². The van der Waals surface area contributed by atoms with E-state index in [1.807, 2.05) is 0 Å². The van der Waals surface area contributed by atoms with Crippen molar-refractivity contribution >= 4 is 10.0 Å². The zero-order valence-corrected chi connectivity index (χ0v) is 10.7. The van der Waals surface area contributed by atoms with Gasteiger partial charge in [-0.15, -0.1) is 0 Å². The maximum atomic E-state index is 12.2. The lowest BCUT2D eigenvalue weighted by Gasteiger charge is -2.30. The molecule has 4 nitrogen and oxygen atoms in total. The molecule has 2 fully saturated rings. The van der Waals surface area contributed by atoms with Crippen LogP contribution in [0.5, 0.6) is 0 Å². The third kappa shape index (κ3) is 2.96. The Balaban J connectivity index is 1.94. The van der Waals surface area contributed by atoms with Gasteiger partial charge >= 0.3 is 0 Å². The standard InChI is InChI=1S/C11H21NO3S/c1-10-3-2-5-12(7-10)16(13,14)9-11-4-6-15-8-11/h10-11H,2-9H2,1H3/t10-,11+/m0/s1. The van der Waals surface area contributed by atoms with E-state index in [4.69, 9.17) is 4.74 Å². The van der Waals surface area contributed by atoms with Crippen LogP contribution in [0.3, 0.4) is 0 Å². The van der Waals surface area contributed by atoms with E-state index in [1.165, 1.54) is 0 Å². The molecule has 2 heterocycles. The fourth-order valence-electron chi connectivity index (χ4n) is 2.52. The zero-order chi connectivity index (χ0) is 11.6. The largest absolute Gasteiger partial charge is 0.381 e. The van der Waals surface area contributed by atoms with Crippen molar-refractivity contribution in [3.05, 3.63) is 0 Å². The molecule has 2 saturated heterocycles. The molecular weight excluding hydrogens is 226 g/mol. The molecule has 0 spiro atoms. The summed E-state index contributed by atoms with van der Waals surface area (Å²) in [5, 5.41) is 0. The van der Waals surface area contributed by atoms with E-state index in [-0.39, 0.29) is 11.7 Å². The summed E-state index contributed by atoms with van der Waals surface area (Å²) in [6.07, 6.45) is 3.04. The summed E-state index contributed by atoms with van der Waals surface area (Å²) in [5.41, 5.74) is 0. The van der Waals surface area contributed by atoms with E-state index in [1.54, 1.807) is 4.31 Å². The van der Waals surface area contributed by atoms with Crippen molar-refractivity contribution in [2.75, 3.05) is 32.1 Å². The number of sulfonamides is 1. The van der Waals surface area contributed by atoms with Gasteiger partial charge in [0.2, 0.25) is 10.0 Å². The lowest BCUT2D eigenvalue weighted by molar-refractivity contribution is 0.188. The molecular formula is C11H21NO3S. The molecule has 0 aromatic rings. The fraction of sp³-hybridized carbons (Fsp3) is 1.00.